The van der Waals surface area contributed by atoms with Gasteiger partial charge in [-0.1, -0.05) is 0 Å². The summed E-state index contributed by atoms with van der Waals surface area (Å²) in [6.45, 7) is 2.57. The molecule has 170 valence electrons. The maximum atomic E-state index is 13.2. The Hall–Kier alpha value is -3.25. The van der Waals surface area contributed by atoms with Crippen molar-refractivity contribution in [3.05, 3.63) is 42.4 Å². The van der Waals surface area contributed by atoms with Crippen molar-refractivity contribution >= 4 is 17.4 Å². The molecule has 4 rings (SSSR count). The zero-order chi connectivity index (χ0) is 22.9. The Morgan fingerprint density at radius 2 is 2.06 bits per heavy atom. The number of primary amides is 1. The van der Waals surface area contributed by atoms with Crippen molar-refractivity contribution in [3.63, 3.8) is 0 Å². The van der Waals surface area contributed by atoms with Crippen molar-refractivity contribution in [2.24, 2.45) is 5.73 Å². The van der Waals surface area contributed by atoms with Gasteiger partial charge < -0.3 is 15.4 Å². The minimum Gasteiger partial charge on any atom is -0.383 e. The lowest BCUT2D eigenvalue weighted by molar-refractivity contribution is -0.137. The molecule has 1 aliphatic heterocycles. The smallest absolute Gasteiger partial charge is 0.383 e. The first kappa shape index (κ1) is 22.0. The molecule has 3 aromatic rings. The van der Waals surface area contributed by atoms with Gasteiger partial charge >= 0.3 is 6.18 Å². The number of nitrogens with two attached hydrogens (primary N) is 1. The predicted octanol–water partition coefficient (Wildman–Crippen LogP) is 1.43. The number of hydrogen-bond donors (Lipinski definition) is 1. The molecular formula is C20H22F3N7O2. The van der Waals surface area contributed by atoms with E-state index in [1.165, 1.54) is 22.9 Å². The number of amides is 1. The molecule has 4 heterocycles. The highest BCUT2D eigenvalue weighted by molar-refractivity contribution is 5.81. The number of halogens is 3. The number of carbonyl (C=O) groups excluding carboxylic acids is 1. The molecule has 0 aromatic carbocycles. The van der Waals surface area contributed by atoms with Crippen LogP contribution in [0.2, 0.25) is 0 Å². The van der Waals surface area contributed by atoms with Crippen molar-refractivity contribution in [2.75, 3.05) is 44.8 Å². The molecule has 0 spiro atoms. The summed E-state index contributed by atoms with van der Waals surface area (Å²) in [4.78, 5) is 28.8. The zero-order valence-electron chi connectivity index (χ0n) is 17.3. The quantitative estimate of drug-likeness (QED) is 0.608. The number of fused-ring (bicyclic) bond motifs is 1. The van der Waals surface area contributed by atoms with Crippen LogP contribution >= 0.6 is 0 Å². The van der Waals surface area contributed by atoms with Crippen LogP contribution in [0.3, 0.4) is 0 Å². The molecule has 0 aliphatic carbocycles. The monoisotopic (exact) mass is 449 g/mol. The molecule has 2 N–H and O–H groups in total. The molecule has 1 saturated heterocycles. The fourth-order valence-electron chi connectivity index (χ4n) is 3.74. The molecule has 9 nitrogen and oxygen atoms in total. The lowest BCUT2D eigenvalue weighted by atomic mass is 10.1. The fourth-order valence-corrected chi connectivity index (χ4v) is 3.74. The topological polar surface area (TPSA) is 102 Å². The second-order valence-corrected chi connectivity index (χ2v) is 7.42. The normalized spacial score (nSPS) is 17.8. The second-order valence-electron chi connectivity index (χ2n) is 7.42. The van der Waals surface area contributed by atoms with Crippen LogP contribution in [0, 0.1) is 0 Å². The highest BCUT2D eigenvalue weighted by atomic mass is 19.4. The summed E-state index contributed by atoms with van der Waals surface area (Å²) < 4.78 is 45.9. The molecule has 0 saturated carbocycles. The standard InChI is InChI=1S/C20H22F3N7O2/c1-32-9-8-28-6-7-29(12-15(28)18(24)31)17-4-5-25-19(27-17)14-10-26-16-3-2-13(11-30(14)16)20(21,22)23/h2-5,10-11,15H,6-9,12H2,1H3,(H2,24,31). The first-order chi connectivity index (χ1) is 15.3. The molecule has 3 aromatic heterocycles. The van der Waals surface area contributed by atoms with Gasteiger partial charge in [-0.05, 0) is 18.2 Å². The molecule has 32 heavy (non-hydrogen) atoms. The van der Waals surface area contributed by atoms with E-state index in [1.807, 2.05) is 9.80 Å². The Bertz CT molecular complexity index is 1120. The van der Waals surface area contributed by atoms with Crippen LogP contribution < -0.4 is 10.6 Å². The predicted molar refractivity (Wildman–Crippen MR) is 110 cm³/mol. The number of piperazine rings is 1. The third-order valence-electron chi connectivity index (χ3n) is 5.43. The van der Waals surface area contributed by atoms with Crippen molar-refractivity contribution in [1.29, 1.82) is 0 Å². The summed E-state index contributed by atoms with van der Waals surface area (Å²) >= 11 is 0. The van der Waals surface area contributed by atoms with Gasteiger partial charge in [-0.15, -0.1) is 0 Å². The summed E-state index contributed by atoms with van der Waals surface area (Å²) in [5.41, 5.74) is 5.49. The van der Waals surface area contributed by atoms with E-state index >= 15 is 0 Å². The number of pyridine rings is 1. The highest BCUT2D eigenvalue weighted by Gasteiger charge is 2.32. The molecule has 0 bridgehead atoms. The molecule has 1 atom stereocenters. The lowest BCUT2D eigenvalue weighted by Crippen LogP contribution is -2.59. The molecule has 1 unspecified atom stereocenters. The first-order valence-corrected chi connectivity index (χ1v) is 9.93. The number of hydrogen-bond acceptors (Lipinski definition) is 7. The summed E-state index contributed by atoms with van der Waals surface area (Å²) in [5.74, 6) is 0.336. The first-order valence-electron chi connectivity index (χ1n) is 9.93. The number of methoxy groups -OCH3 is 1. The Labute approximate surface area is 181 Å². The van der Waals surface area contributed by atoms with Gasteiger partial charge in [0.25, 0.3) is 0 Å². The number of alkyl halides is 3. The largest absolute Gasteiger partial charge is 0.417 e. The van der Waals surface area contributed by atoms with E-state index in [9.17, 15) is 18.0 Å². The summed E-state index contributed by atoms with van der Waals surface area (Å²) in [6, 6.07) is 3.46. The second kappa shape index (κ2) is 8.71. The number of rotatable bonds is 6. The molecule has 1 amide bonds. The van der Waals surface area contributed by atoms with Crippen LogP contribution in [0.15, 0.2) is 36.8 Å². The molecule has 1 fully saturated rings. The SMILES string of the molecule is COCCN1CCN(c2ccnc(-c3cnc4ccc(C(F)(F)F)cn34)n2)CC1C(N)=O. The van der Waals surface area contributed by atoms with Crippen LogP contribution in [0.1, 0.15) is 5.56 Å². The molecular weight excluding hydrogens is 427 g/mol. The van der Waals surface area contributed by atoms with Gasteiger partial charge in [0.15, 0.2) is 5.82 Å². The molecule has 12 heteroatoms. The minimum atomic E-state index is -4.48. The Morgan fingerprint density at radius 1 is 1.25 bits per heavy atom. The summed E-state index contributed by atoms with van der Waals surface area (Å²) in [5, 5.41) is 0. The molecule has 0 radical (unpaired) electrons. The van der Waals surface area contributed by atoms with Crippen LogP contribution in [0.25, 0.3) is 17.2 Å². The van der Waals surface area contributed by atoms with E-state index in [4.69, 9.17) is 10.5 Å². The van der Waals surface area contributed by atoms with Crippen LogP contribution in [-0.2, 0) is 15.7 Å². The fraction of sp³-hybridized carbons (Fsp3) is 0.400. The number of aromatic nitrogens is 4. The van der Waals surface area contributed by atoms with Gasteiger partial charge in [0.1, 0.15) is 23.2 Å². The van der Waals surface area contributed by atoms with Crippen LogP contribution in [-0.4, -0.2) is 76.1 Å². The average Bonchev–Trinajstić information content (AvgIpc) is 3.20. The number of imidazole rings is 1. The van der Waals surface area contributed by atoms with E-state index < -0.39 is 23.7 Å². The van der Waals surface area contributed by atoms with Gasteiger partial charge in [-0.3, -0.25) is 14.1 Å². The van der Waals surface area contributed by atoms with E-state index in [1.54, 1.807) is 13.2 Å². The maximum absolute atomic E-state index is 13.2. The van der Waals surface area contributed by atoms with Gasteiger partial charge in [0.05, 0.1) is 18.4 Å². The summed E-state index contributed by atoms with van der Waals surface area (Å²) in [7, 11) is 1.59. The Kier molecular flexibility index (Phi) is 5.98. The third-order valence-corrected chi connectivity index (χ3v) is 5.43. The van der Waals surface area contributed by atoms with E-state index in [-0.39, 0.29) is 5.82 Å². The van der Waals surface area contributed by atoms with Crippen LogP contribution in [0.4, 0.5) is 19.0 Å². The Morgan fingerprint density at radius 3 is 2.78 bits per heavy atom. The van der Waals surface area contributed by atoms with Crippen molar-refractivity contribution in [1.82, 2.24) is 24.3 Å². The van der Waals surface area contributed by atoms with E-state index in [0.717, 1.165) is 12.3 Å². The average molecular weight is 449 g/mol. The number of carbonyl (C=O) groups is 1. The van der Waals surface area contributed by atoms with Crippen LogP contribution in [0.5, 0.6) is 0 Å². The number of ether oxygens (including phenoxy) is 1. The van der Waals surface area contributed by atoms with Gasteiger partial charge in [-0.25, -0.2) is 15.0 Å². The van der Waals surface area contributed by atoms with Crippen molar-refractivity contribution in [3.8, 4) is 11.5 Å². The van der Waals surface area contributed by atoms with Crippen molar-refractivity contribution < 1.29 is 22.7 Å². The summed E-state index contributed by atoms with van der Waals surface area (Å²) in [6.07, 6.45) is -0.541. The Balaban J connectivity index is 1.63. The highest BCUT2D eigenvalue weighted by Crippen LogP contribution is 2.30. The zero-order valence-corrected chi connectivity index (χ0v) is 17.3. The number of nitrogens with zero attached hydrogens (tertiary/aromatic N) is 6. The van der Waals surface area contributed by atoms with E-state index in [2.05, 4.69) is 15.0 Å². The minimum absolute atomic E-state index is 0.228. The van der Waals surface area contributed by atoms with Gasteiger partial charge in [0, 0.05) is 45.7 Å². The third kappa shape index (κ3) is 4.36. The van der Waals surface area contributed by atoms with Gasteiger partial charge in [0.2, 0.25) is 5.91 Å². The van der Waals surface area contributed by atoms with Crippen molar-refractivity contribution in [2.45, 2.75) is 12.2 Å². The van der Waals surface area contributed by atoms with E-state index in [0.29, 0.717) is 49.9 Å². The molecule has 1 aliphatic rings. The number of anilines is 1. The van der Waals surface area contributed by atoms with Gasteiger partial charge in [-0.2, -0.15) is 13.2 Å². The lowest BCUT2D eigenvalue weighted by Gasteiger charge is -2.40. The maximum Gasteiger partial charge on any atom is 0.417 e.